The van der Waals surface area contributed by atoms with Crippen LogP contribution in [-0.2, 0) is 16.1 Å². The Balaban J connectivity index is 1.47. The van der Waals surface area contributed by atoms with Crippen LogP contribution >= 0.6 is 0 Å². The van der Waals surface area contributed by atoms with Crippen LogP contribution in [0, 0.1) is 18.8 Å². The van der Waals surface area contributed by atoms with Gasteiger partial charge in [-0.05, 0) is 70.8 Å². The molecule has 2 heterocycles. The second-order valence-electron chi connectivity index (χ2n) is 12.4. The second kappa shape index (κ2) is 13.2. The first-order valence-electron chi connectivity index (χ1n) is 15.6. The molecule has 2 aliphatic rings. The first kappa shape index (κ1) is 30.0. The van der Waals surface area contributed by atoms with E-state index < -0.39 is 0 Å². The molecule has 1 aliphatic heterocycles. The summed E-state index contributed by atoms with van der Waals surface area (Å²) in [5, 5.41) is 4.01. The maximum Gasteiger partial charge on any atom is 0.226 e. The first-order chi connectivity index (χ1) is 20.2. The van der Waals surface area contributed by atoms with Gasteiger partial charge in [0.25, 0.3) is 0 Å². The summed E-state index contributed by atoms with van der Waals surface area (Å²) in [5.41, 5.74) is 2.80. The summed E-state index contributed by atoms with van der Waals surface area (Å²) in [6.07, 6.45) is 8.11. The number of hydrogen-bond acceptors (Lipinski definition) is 5. The van der Waals surface area contributed by atoms with Crippen molar-refractivity contribution in [2.24, 2.45) is 11.8 Å². The number of aromatic nitrogens is 1. The largest absolute Gasteiger partial charge is 0.489 e. The van der Waals surface area contributed by atoms with E-state index in [1.807, 2.05) is 55.3 Å². The maximum absolute atomic E-state index is 14.5. The molecule has 2 fully saturated rings. The van der Waals surface area contributed by atoms with Crippen LogP contribution < -0.4 is 10.1 Å². The van der Waals surface area contributed by atoms with E-state index in [9.17, 15) is 14.4 Å². The topological polar surface area (TPSA) is 80.6 Å². The Kier molecular flexibility index (Phi) is 9.47. The van der Waals surface area contributed by atoms with Crippen molar-refractivity contribution in [3.8, 4) is 5.75 Å². The van der Waals surface area contributed by atoms with Crippen molar-refractivity contribution in [2.75, 3.05) is 13.6 Å². The van der Waals surface area contributed by atoms with Crippen molar-refractivity contribution in [1.29, 1.82) is 0 Å². The Morgan fingerprint density at radius 3 is 2.48 bits per heavy atom. The van der Waals surface area contributed by atoms with Gasteiger partial charge < -0.3 is 19.5 Å². The molecular formula is C35H45N3O4. The molecule has 7 nitrogen and oxygen atoms in total. The minimum Gasteiger partial charge on any atom is -0.489 e. The van der Waals surface area contributed by atoms with Crippen molar-refractivity contribution in [3.63, 3.8) is 0 Å². The van der Waals surface area contributed by atoms with Crippen LogP contribution in [-0.4, -0.2) is 58.7 Å². The Morgan fingerprint density at radius 1 is 1.05 bits per heavy atom. The van der Waals surface area contributed by atoms with Crippen molar-refractivity contribution in [1.82, 2.24) is 14.8 Å². The molecule has 1 aliphatic carbocycles. The molecule has 42 heavy (non-hydrogen) atoms. The van der Waals surface area contributed by atoms with Gasteiger partial charge in [0, 0.05) is 48.0 Å². The summed E-state index contributed by atoms with van der Waals surface area (Å²) in [7, 11) is 1.79. The highest BCUT2D eigenvalue weighted by Crippen LogP contribution is 2.36. The molecule has 1 saturated heterocycles. The monoisotopic (exact) mass is 571 g/mol. The third-order valence-electron chi connectivity index (χ3n) is 9.40. The lowest BCUT2D eigenvalue weighted by Gasteiger charge is -2.35. The molecule has 2 aromatic carbocycles. The molecule has 224 valence electrons. The van der Waals surface area contributed by atoms with Gasteiger partial charge in [0.2, 0.25) is 5.91 Å². The molecule has 1 saturated carbocycles. The molecule has 5 rings (SSSR count). The number of rotatable bonds is 11. The zero-order valence-corrected chi connectivity index (χ0v) is 25.5. The molecule has 3 aromatic rings. The van der Waals surface area contributed by atoms with E-state index in [1.54, 1.807) is 14.0 Å². The van der Waals surface area contributed by atoms with Gasteiger partial charge in [-0.15, -0.1) is 0 Å². The number of likely N-dealkylation sites (N-methyl/N-ethyl adjacent to an activating group) is 1. The number of Topliss-reactive ketones (excluding diaryl/α,β-unsaturated/α-hetero) is 2. The molecule has 0 unspecified atom stereocenters. The molecule has 0 radical (unpaired) electrons. The number of carbonyl (C=O) groups is 3. The highest BCUT2D eigenvalue weighted by Gasteiger charge is 2.42. The number of nitrogens with zero attached hydrogens (tertiary/aromatic N) is 2. The van der Waals surface area contributed by atoms with Crippen LogP contribution in [0.4, 0.5) is 0 Å². The molecule has 4 atom stereocenters. The van der Waals surface area contributed by atoms with Gasteiger partial charge in [-0.1, -0.05) is 49.1 Å². The first-order valence-corrected chi connectivity index (χ1v) is 15.6. The van der Waals surface area contributed by atoms with Crippen LogP contribution in [0.25, 0.3) is 10.9 Å². The van der Waals surface area contributed by atoms with Gasteiger partial charge in [-0.2, -0.15) is 0 Å². The molecule has 0 bridgehead atoms. The fourth-order valence-corrected chi connectivity index (χ4v) is 6.92. The lowest BCUT2D eigenvalue weighted by molar-refractivity contribution is -0.142. The second-order valence-corrected chi connectivity index (χ2v) is 12.4. The van der Waals surface area contributed by atoms with E-state index in [1.165, 1.54) is 6.42 Å². The van der Waals surface area contributed by atoms with E-state index in [4.69, 9.17) is 4.74 Å². The third kappa shape index (κ3) is 6.62. The highest BCUT2D eigenvalue weighted by atomic mass is 16.5. The number of ether oxygens (including phenoxy) is 1. The van der Waals surface area contributed by atoms with E-state index in [2.05, 4.69) is 28.1 Å². The van der Waals surface area contributed by atoms with Gasteiger partial charge in [-0.3, -0.25) is 14.4 Å². The Bertz CT molecular complexity index is 1410. The molecule has 1 amide bonds. The van der Waals surface area contributed by atoms with E-state index >= 15 is 0 Å². The van der Waals surface area contributed by atoms with Gasteiger partial charge in [-0.25, -0.2) is 0 Å². The average Bonchev–Trinajstić information content (AvgIpc) is 3.56. The molecule has 0 spiro atoms. The fourth-order valence-electron chi connectivity index (χ4n) is 6.92. The number of likely N-dealkylation sites (tertiary alicyclic amines) is 1. The molecule has 1 aromatic heterocycles. The van der Waals surface area contributed by atoms with Crippen molar-refractivity contribution < 1.29 is 19.1 Å². The number of fused-ring (bicyclic) bond motifs is 1. The number of carbonyl (C=O) groups excluding carboxylic acids is 3. The van der Waals surface area contributed by atoms with Crippen LogP contribution in [0.1, 0.15) is 74.7 Å². The minimum absolute atomic E-state index is 0.0310. The number of nitrogens with one attached hydrogen (secondary N) is 1. The maximum atomic E-state index is 14.5. The van der Waals surface area contributed by atoms with Gasteiger partial charge in [0.05, 0.1) is 18.6 Å². The number of hydrogen-bond donors (Lipinski definition) is 1. The van der Waals surface area contributed by atoms with Gasteiger partial charge in [0.15, 0.2) is 5.78 Å². The number of amides is 1. The summed E-state index contributed by atoms with van der Waals surface area (Å²) >= 11 is 0. The number of aryl methyl sites for hydroxylation is 1. The van der Waals surface area contributed by atoms with Crippen molar-refractivity contribution in [2.45, 2.75) is 90.4 Å². The normalized spacial score (nSPS) is 20.9. The van der Waals surface area contributed by atoms with Crippen LogP contribution in [0.2, 0.25) is 0 Å². The highest BCUT2D eigenvalue weighted by molar-refractivity contribution is 6.07. The Morgan fingerprint density at radius 2 is 1.79 bits per heavy atom. The summed E-state index contributed by atoms with van der Waals surface area (Å²) in [6.45, 7) is 6.55. The quantitative estimate of drug-likeness (QED) is 0.287. The summed E-state index contributed by atoms with van der Waals surface area (Å²) in [6, 6.07) is 15.6. The minimum atomic E-state index is -0.330. The molecule has 1 N–H and O–H groups in total. The Hall–Kier alpha value is -3.45. The summed E-state index contributed by atoms with van der Waals surface area (Å²) < 4.78 is 8.53. The number of ketones is 2. The lowest BCUT2D eigenvalue weighted by Crippen LogP contribution is -2.46. The van der Waals surface area contributed by atoms with Crippen LogP contribution in [0.15, 0.2) is 54.7 Å². The summed E-state index contributed by atoms with van der Waals surface area (Å²) in [4.78, 5) is 42.3. The molecule has 7 heteroatoms. The van der Waals surface area contributed by atoms with Crippen molar-refractivity contribution >= 4 is 28.4 Å². The van der Waals surface area contributed by atoms with E-state index in [-0.39, 0.29) is 53.9 Å². The third-order valence-corrected chi connectivity index (χ3v) is 9.40. The predicted octanol–water partition coefficient (Wildman–Crippen LogP) is 5.96. The Labute approximate surface area is 249 Å². The van der Waals surface area contributed by atoms with Crippen molar-refractivity contribution in [3.05, 3.63) is 65.9 Å². The lowest BCUT2D eigenvalue weighted by atomic mass is 9.76. The standard InChI is InChI=1S/C35H45N3O4/c1-23-15-16-33-31(17-23)32(25(3)39)22-37(33)20-27-18-29(42-28-13-9-6-10-14-28)21-38(27)35(41)30(19-34(40)24(2)36-4)26-11-7-5-8-12-26/h6,9-10,13-17,22,24,26-27,29-30,36H,5,7-8,11-12,18-21H2,1-4H3/t24-,27-,29-,30-/m0/s1. The fraction of sp³-hybridized carbons (Fsp3) is 0.514. The predicted molar refractivity (Wildman–Crippen MR) is 166 cm³/mol. The average molecular weight is 572 g/mol. The number of para-hydroxylation sites is 1. The van der Waals surface area contributed by atoms with E-state index in [0.717, 1.165) is 47.9 Å². The zero-order valence-electron chi connectivity index (χ0n) is 25.5. The van der Waals surface area contributed by atoms with E-state index in [0.29, 0.717) is 25.1 Å². The van der Waals surface area contributed by atoms with Gasteiger partial charge in [0.1, 0.15) is 17.6 Å². The summed E-state index contributed by atoms with van der Waals surface area (Å²) in [5.74, 6) is 0.868. The number of benzene rings is 2. The smallest absolute Gasteiger partial charge is 0.226 e. The molecular weight excluding hydrogens is 526 g/mol. The van der Waals surface area contributed by atoms with Gasteiger partial charge >= 0.3 is 0 Å². The van der Waals surface area contributed by atoms with Crippen LogP contribution in [0.3, 0.4) is 0 Å². The van der Waals surface area contributed by atoms with Crippen LogP contribution in [0.5, 0.6) is 5.75 Å². The SMILES string of the molecule is CN[C@@H](C)C(=O)C[C@H](C(=O)N1C[C@@H](Oc2ccccc2)C[C@H]1Cn1cc(C(C)=O)c2cc(C)ccc21)C1CCCCC1. The zero-order chi connectivity index (χ0) is 29.8.